The fourth-order valence-corrected chi connectivity index (χ4v) is 2.10. The second kappa shape index (κ2) is 5.13. The Labute approximate surface area is 104 Å². The van der Waals surface area contributed by atoms with Crippen LogP contribution in [0.1, 0.15) is 32.6 Å². The van der Waals surface area contributed by atoms with Gasteiger partial charge in [-0.2, -0.15) is 0 Å². The van der Waals surface area contributed by atoms with Gasteiger partial charge in [0, 0.05) is 23.3 Å². The summed E-state index contributed by atoms with van der Waals surface area (Å²) in [5, 5.41) is 0. The van der Waals surface area contributed by atoms with E-state index in [-0.39, 0.29) is 5.82 Å². The first-order chi connectivity index (χ1) is 7.72. The molecule has 2 nitrogen and oxygen atoms in total. The predicted octanol–water partition coefficient (Wildman–Crippen LogP) is 3.75. The maximum atomic E-state index is 13.8. The maximum Gasteiger partial charge on any atom is 0.166 e. The standard InChI is InChI=1S/C12H16BrFN2/c1-2-3-6-16(10-4-5-10)12-11(14)7-9(13)8-15-12/h7-8,10H,2-6H2,1H3. The van der Waals surface area contributed by atoms with Crippen LogP contribution in [0.15, 0.2) is 16.7 Å². The van der Waals surface area contributed by atoms with Crippen LogP contribution in [0.5, 0.6) is 0 Å². The summed E-state index contributed by atoms with van der Waals surface area (Å²) in [6.45, 7) is 3.06. The van der Waals surface area contributed by atoms with Crippen LogP contribution < -0.4 is 4.90 Å². The molecule has 1 aliphatic carbocycles. The summed E-state index contributed by atoms with van der Waals surface area (Å²) in [4.78, 5) is 6.31. The van der Waals surface area contributed by atoms with Gasteiger partial charge in [-0.1, -0.05) is 13.3 Å². The zero-order valence-electron chi connectivity index (χ0n) is 9.42. The lowest BCUT2D eigenvalue weighted by Gasteiger charge is -2.23. The molecule has 0 atom stereocenters. The molecular formula is C12H16BrFN2. The van der Waals surface area contributed by atoms with E-state index < -0.39 is 0 Å². The van der Waals surface area contributed by atoms with E-state index in [9.17, 15) is 4.39 Å². The van der Waals surface area contributed by atoms with Crippen LogP contribution in [0.4, 0.5) is 10.2 Å². The van der Waals surface area contributed by atoms with Crippen molar-refractivity contribution in [1.82, 2.24) is 4.98 Å². The predicted molar refractivity (Wildman–Crippen MR) is 67.2 cm³/mol. The van der Waals surface area contributed by atoms with Crippen molar-refractivity contribution in [2.75, 3.05) is 11.4 Å². The molecule has 2 rings (SSSR count). The summed E-state index contributed by atoms with van der Waals surface area (Å²) in [6, 6.07) is 2.00. The molecule has 1 heterocycles. The zero-order valence-corrected chi connectivity index (χ0v) is 11.0. The van der Waals surface area contributed by atoms with Crippen molar-refractivity contribution in [3.05, 3.63) is 22.6 Å². The number of hydrogen-bond donors (Lipinski definition) is 0. The molecule has 4 heteroatoms. The molecule has 1 fully saturated rings. The molecule has 0 amide bonds. The smallest absolute Gasteiger partial charge is 0.166 e. The first kappa shape index (κ1) is 11.8. The first-order valence-corrected chi connectivity index (χ1v) is 6.59. The van der Waals surface area contributed by atoms with Crippen molar-refractivity contribution in [3.8, 4) is 0 Å². The van der Waals surface area contributed by atoms with Gasteiger partial charge in [0.15, 0.2) is 11.6 Å². The Morgan fingerprint density at radius 2 is 2.31 bits per heavy atom. The van der Waals surface area contributed by atoms with Gasteiger partial charge in [-0.3, -0.25) is 0 Å². The lowest BCUT2D eigenvalue weighted by molar-refractivity contribution is 0.599. The monoisotopic (exact) mass is 286 g/mol. The summed E-state index contributed by atoms with van der Waals surface area (Å²) in [5.41, 5.74) is 0. The van der Waals surface area contributed by atoms with E-state index in [4.69, 9.17) is 0 Å². The number of hydrogen-bond acceptors (Lipinski definition) is 2. The van der Waals surface area contributed by atoms with Crippen molar-refractivity contribution >= 4 is 21.7 Å². The molecule has 1 saturated carbocycles. The van der Waals surface area contributed by atoms with Crippen LogP contribution in [0.25, 0.3) is 0 Å². The quantitative estimate of drug-likeness (QED) is 0.820. The minimum atomic E-state index is -0.225. The topological polar surface area (TPSA) is 16.1 Å². The molecule has 1 aromatic rings. The summed E-state index contributed by atoms with van der Waals surface area (Å²) in [6.07, 6.45) is 6.22. The van der Waals surface area contributed by atoms with Crippen LogP contribution in [0.2, 0.25) is 0 Å². The Kier molecular flexibility index (Phi) is 3.79. The fraction of sp³-hybridized carbons (Fsp3) is 0.583. The minimum absolute atomic E-state index is 0.225. The molecule has 0 bridgehead atoms. The fourth-order valence-electron chi connectivity index (χ4n) is 1.79. The summed E-state index contributed by atoms with van der Waals surface area (Å²) < 4.78 is 14.5. The van der Waals surface area contributed by atoms with Gasteiger partial charge in [0.1, 0.15) is 0 Å². The highest BCUT2D eigenvalue weighted by Crippen LogP contribution is 2.32. The van der Waals surface area contributed by atoms with E-state index in [1.54, 1.807) is 6.20 Å². The molecule has 16 heavy (non-hydrogen) atoms. The van der Waals surface area contributed by atoms with Gasteiger partial charge < -0.3 is 4.90 Å². The molecule has 1 aromatic heterocycles. The number of rotatable bonds is 5. The van der Waals surface area contributed by atoms with Gasteiger partial charge in [-0.25, -0.2) is 9.37 Å². The Morgan fingerprint density at radius 1 is 1.56 bits per heavy atom. The molecule has 0 aromatic carbocycles. The van der Waals surface area contributed by atoms with Crippen molar-refractivity contribution in [1.29, 1.82) is 0 Å². The Morgan fingerprint density at radius 3 is 2.88 bits per heavy atom. The van der Waals surface area contributed by atoms with E-state index in [0.717, 1.165) is 19.4 Å². The van der Waals surface area contributed by atoms with Gasteiger partial charge in [0.25, 0.3) is 0 Å². The second-order valence-electron chi connectivity index (χ2n) is 4.24. The zero-order chi connectivity index (χ0) is 11.5. The van der Waals surface area contributed by atoms with Gasteiger partial charge in [-0.15, -0.1) is 0 Å². The number of pyridine rings is 1. The second-order valence-corrected chi connectivity index (χ2v) is 5.15. The lowest BCUT2D eigenvalue weighted by atomic mass is 10.3. The van der Waals surface area contributed by atoms with E-state index in [2.05, 4.69) is 32.7 Å². The summed E-state index contributed by atoms with van der Waals surface area (Å²) >= 11 is 3.23. The number of unbranched alkanes of at least 4 members (excludes halogenated alkanes) is 1. The average molecular weight is 287 g/mol. The van der Waals surface area contributed by atoms with Gasteiger partial charge in [0.05, 0.1) is 0 Å². The molecule has 0 unspecified atom stereocenters. The Bertz CT molecular complexity index is 366. The van der Waals surface area contributed by atoms with E-state index >= 15 is 0 Å². The third-order valence-electron chi connectivity index (χ3n) is 2.80. The summed E-state index contributed by atoms with van der Waals surface area (Å²) in [5.74, 6) is 0.288. The Balaban J connectivity index is 2.17. The number of halogens is 2. The van der Waals surface area contributed by atoms with Crippen LogP contribution in [0, 0.1) is 5.82 Å². The molecule has 0 N–H and O–H groups in total. The van der Waals surface area contributed by atoms with E-state index in [1.165, 1.54) is 18.9 Å². The maximum absolute atomic E-state index is 13.8. The number of anilines is 1. The van der Waals surface area contributed by atoms with Crippen LogP contribution in [-0.2, 0) is 0 Å². The molecule has 0 saturated heterocycles. The normalized spacial score (nSPS) is 15.2. The van der Waals surface area contributed by atoms with E-state index in [1.807, 2.05) is 0 Å². The minimum Gasteiger partial charge on any atom is -0.351 e. The molecule has 88 valence electrons. The third kappa shape index (κ3) is 2.73. The highest BCUT2D eigenvalue weighted by Gasteiger charge is 2.31. The van der Waals surface area contributed by atoms with Crippen LogP contribution in [0.3, 0.4) is 0 Å². The molecular weight excluding hydrogens is 271 g/mol. The van der Waals surface area contributed by atoms with E-state index in [0.29, 0.717) is 16.3 Å². The van der Waals surface area contributed by atoms with Crippen molar-refractivity contribution in [3.63, 3.8) is 0 Å². The highest BCUT2D eigenvalue weighted by molar-refractivity contribution is 9.10. The van der Waals surface area contributed by atoms with Crippen molar-refractivity contribution < 1.29 is 4.39 Å². The van der Waals surface area contributed by atoms with Gasteiger partial charge in [0.2, 0.25) is 0 Å². The Hall–Kier alpha value is -0.640. The summed E-state index contributed by atoms with van der Waals surface area (Å²) in [7, 11) is 0. The van der Waals surface area contributed by atoms with Crippen LogP contribution >= 0.6 is 15.9 Å². The average Bonchev–Trinajstić information content (AvgIpc) is 3.05. The largest absolute Gasteiger partial charge is 0.351 e. The van der Waals surface area contributed by atoms with Crippen molar-refractivity contribution in [2.24, 2.45) is 0 Å². The van der Waals surface area contributed by atoms with Crippen molar-refractivity contribution in [2.45, 2.75) is 38.6 Å². The number of aromatic nitrogens is 1. The molecule has 0 radical (unpaired) electrons. The SMILES string of the molecule is CCCCN(c1ncc(Br)cc1F)C1CC1. The van der Waals surface area contributed by atoms with Crippen LogP contribution in [-0.4, -0.2) is 17.6 Å². The van der Waals surface area contributed by atoms with Gasteiger partial charge >= 0.3 is 0 Å². The lowest BCUT2D eigenvalue weighted by Crippen LogP contribution is -2.28. The highest BCUT2D eigenvalue weighted by atomic mass is 79.9. The molecule has 0 aliphatic heterocycles. The molecule has 1 aliphatic rings. The third-order valence-corrected chi connectivity index (χ3v) is 3.23. The van der Waals surface area contributed by atoms with Gasteiger partial charge in [-0.05, 0) is 41.3 Å². The first-order valence-electron chi connectivity index (χ1n) is 5.80. The number of nitrogens with zero attached hydrogens (tertiary/aromatic N) is 2. The molecule has 0 spiro atoms.